The van der Waals surface area contributed by atoms with Gasteiger partial charge < -0.3 is 14.2 Å². The molecule has 4 aromatic carbocycles. The Morgan fingerprint density at radius 3 is 2.24 bits per heavy atom. The van der Waals surface area contributed by atoms with Gasteiger partial charge in [0.15, 0.2) is 18.1 Å². The highest BCUT2D eigenvalue weighted by Crippen LogP contribution is 2.29. The maximum atomic E-state index is 12.5. The molecule has 0 bridgehead atoms. The van der Waals surface area contributed by atoms with Gasteiger partial charge in [-0.2, -0.15) is 5.10 Å². The van der Waals surface area contributed by atoms with Crippen LogP contribution in [0, 0.1) is 6.92 Å². The van der Waals surface area contributed by atoms with E-state index < -0.39 is 11.9 Å². The summed E-state index contributed by atoms with van der Waals surface area (Å²) in [5.41, 5.74) is 6.77. The largest absolute Gasteiger partial charge is 0.490 e. The Morgan fingerprint density at radius 1 is 0.816 bits per heavy atom. The maximum absolute atomic E-state index is 12.5. The first-order valence-corrected chi connectivity index (χ1v) is 12.2. The Morgan fingerprint density at radius 2 is 1.53 bits per heavy atom. The molecule has 7 nitrogen and oxygen atoms in total. The first-order chi connectivity index (χ1) is 18.5. The average Bonchev–Trinajstić information content (AvgIpc) is 2.94. The fourth-order valence-corrected chi connectivity index (χ4v) is 3.54. The molecule has 0 saturated heterocycles. The average molecular weight is 509 g/mol. The monoisotopic (exact) mass is 508 g/mol. The fourth-order valence-electron chi connectivity index (χ4n) is 3.54. The number of hydrogen-bond donors (Lipinski definition) is 1. The van der Waals surface area contributed by atoms with Crippen LogP contribution in [0.15, 0.2) is 102 Å². The number of carbonyl (C=O) groups is 2. The van der Waals surface area contributed by atoms with Gasteiger partial charge in [-0.05, 0) is 73.0 Å². The molecule has 0 heterocycles. The molecule has 0 radical (unpaired) electrons. The van der Waals surface area contributed by atoms with Crippen molar-refractivity contribution in [1.82, 2.24) is 5.43 Å². The van der Waals surface area contributed by atoms with E-state index in [4.69, 9.17) is 14.2 Å². The molecule has 1 amide bonds. The van der Waals surface area contributed by atoms with Gasteiger partial charge in [-0.3, -0.25) is 4.79 Å². The van der Waals surface area contributed by atoms with E-state index in [1.807, 2.05) is 80.6 Å². The first-order valence-electron chi connectivity index (χ1n) is 12.2. The van der Waals surface area contributed by atoms with Crippen molar-refractivity contribution in [3.63, 3.8) is 0 Å². The van der Waals surface area contributed by atoms with Gasteiger partial charge in [-0.15, -0.1) is 0 Å². The van der Waals surface area contributed by atoms with E-state index in [1.165, 1.54) is 6.21 Å². The summed E-state index contributed by atoms with van der Waals surface area (Å²) < 4.78 is 16.7. The van der Waals surface area contributed by atoms with Crippen molar-refractivity contribution < 1.29 is 23.8 Å². The number of ether oxygens (including phenoxy) is 3. The summed E-state index contributed by atoms with van der Waals surface area (Å²) >= 11 is 0. The van der Waals surface area contributed by atoms with E-state index in [9.17, 15) is 9.59 Å². The van der Waals surface area contributed by atoms with E-state index in [1.54, 1.807) is 30.3 Å². The van der Waals surface area contributed by atoms with Gasteiger partial charge in [0.25, 0.3) is 5.91 Å². The summed E-state index contributed by atoms with van der Waals surface area (Å²) in [4.78, 5) is 24.7. The summed E-state index contributed by atoms with van der Waals surface area (Å²) in [7, 11) is 0. The molecule has 1 N–H and O–H groups in total. The predicted molar refractivity (Wildman–Crippen MR) is 147 cm³/mol. The predicted octanol–water partition coefficient (Wildman–Crippen LogP) is 5.81. The van der Waals surface area contributed by atoms with Crippen LogP contribution in [0.1, 0.15) is 28.4 Å². The highest BCUT2D eigenvalue weighted by molar-refractivity contribution is 5.91. The van der Waals surface area contributed by atoms with Gasteiger partial charge in [0.1, 0.15) is 5.75 Å². The van der Waals surface area contributed by atoms with Crippen LogP contribution >= 0.6 is 0 Å². The Labute approximate surface area is 221 Å². The number of carbonyl (C=O) groups excluding carboxylic acids is 2. The molecule has 0 aliphatic heterocycles. The van der Waals surface area contributed by atoms with Crippen LogP contribution in [0.25, 0.3) is 11.1 Å². The third kappa shape index (κ3) is 7.30. The zero-order chi connectivity index (χ0) is 26.7. The Balaban J connectivity index is 1.30. The van der Waals surface area contributed by atoms with E-state index in [0.29, 0.717) is 35.0 Å². The van der Waals surface area contributed by atoms with Crippen molar-refractivity contribution in [2.75, 3.05) is 13.2 Å². The molecule has 0 unspecified atom stereocenters. The van der Waals surface area contributed by atoms with E-state index >= 15 is 0 Å². The third-order valence-electron chi connectivity index (χ3n) is 5.49. The minimum atomic E-state index is -0.477. The van der Waals surface area contributed by atoms with Crippen LogP contribution in [0.2, 0.25) is 0 Å². The molecular weight excluding hydrogens is 480 g/mol. The normalized spacial score (nSPS) is 10.7. The lowest BCUT2D eigenvalue weighted by Crippen LogP contribution is -2.24. The molecule has 0 aliphatic carbocycles. The summed E-state index contributed by atoms with van der Waals surface area (Å²) in [6.45, 7) is 3.99. The van der Waals surface area contributed by atoms with Crippen LogP contribution in [0.3, 0.4) is 0 Å². The van der Waals surface area contributed by atoms with E-state index in [-0.39, 0.29) is 6.61 Å². The smallest absolute Gasteiger partial charge is 0.343 e. The first kappa shape index (κ1) is 26.2. The van der Waals surface area contributed by atoms with Crippen LogP contribution in [0.4, 0.5) is 0 Å². The molecule has 7 heteroatoms. The van der Waals surface area contributed by atoms with Gasteiger partial charge in [-0.1, -0.05) is 60.2 Å². The standard InChI is InChI=1S/C31H28N2O5/c1-3-36-29-19-23(11-18-28(29)38-31(35)26-12-9-22(2)10-13-26)20-32-33-30(34)21-37-27-16-14-25(15-17-27)24-7-5-4-6-8-24/h4-20H,3,21H2,1-2H3,(H,33,34). The number of nitrogens with one attached hydrogen (secondary N) is 1. The number of benzene rings is 4. The lowest BCUT2D eigenvalue weighted by molar-refractivity contribution is -0.123. The second kappa shape index (κ2) is 12.9. The number of amides is 1. The van der Waals surface area contributed by atoms with Gasteiger partial charge in [0.05, 0.1) is 18.4 Å². The summed E-state index contributed by atoms with van der Waals surface area (Å²) in [5.74, 6) is 0.396. The maximum Gasteiger partial charge on any atom is 0.343 e. The highest BCUT2D eigenvalue weighted by Gasteiger charge is 2.13. The molecular formula is C31H28N2O5. The lowest BCUT2D eigenvalue weighted by atomic mass is 10.1. The minimum absolute atomic E-state index is 0.180. The van der Waals surface area contributed by atoms with Crippen molar-refractivity contribution in [3.05, 3.63) is 114 Å². The van der Waals surface area contributed by atoms with Crippen molar-refractivity contribution in [3.8, 4) is 28.4 Å². The molecule has 0 aromatic heterocycles. The number of hydrazone groups is 1. The molecule has 0 aliphatic rings. The second-order valence-electron chi connectivity index (χ2n) is 8.37. The van der Waals surface area contributed by atoms with E-state index in [0.717, 1.165) is 16.7 Å². The van der Waals surface area contributed by atoms with Crippen LogP contribution in [0.5, 0.6) is 17.2 Å². The van der Waals surface area contributed by atoms with Crippen molar-refractivity contribution in [1.29, 1.82) is 0 Å². The molecule has 4 rings (SSSR count). The van der Waals surface area contributed by atoms with Crippen molar-refractivity contribution in [2.45, 2.75) is 13.8 Å². The molecule has 4 aromatic rings. The molecule has 0 atom stereocenters. The molecule has 0 spiro atoms. The van der Waals surface area contributed by atoms with Crippen molar-refractivity contribution in [2.24, 2.45) is 5.10 Å². The molecule has 38 heavy (non-hydrogen) atoms. The minimum Gasteiger partial charge on any atom is -0.490 e. The lowest BCUT2D eigenvalue weighted by Gasteiger charge is -2.11. The number of nitrogens with zero attached hydrogens (tertiary/aromatic N) is 1. The fraction of sp³-hybridized carbons (Fsp3) is 0.129. The van der Waals surface area contributed by atoms with Crippen LogP contribution < -0.4 is 19.6 Å². The van der Waals surface area contributed by atoms with Gasteiger partial charge in [0, 0.05) is 0 Å². The molecule has 0 saturated carbocycles. The zero-order valence-corrected chi connectivity index (χ0v) is 21.2. The Bertz CT molecular complexity index is 1400. The SMILES string of the molecule is CCOc1cc(C=NNC(=O)COc2ccc(-c3ccccc3)cc2)ccc1OC(=O)c1ccc(C)cc1. The Hall–Kier alpha value is -4.91. The molecule has 192 valence electrons. The van der Waals surface area contributed by atoms with Crippen molar-refractivity contribution >= 4 is 18.1 Å². The zero-order valence-electron chi connectivity index (χ0n) is 21.2. The van der Waals surface area contributed by atoms with Gasteiger partial charge in [0.2, 0.25) is 0 Å². The second-order valence-corrected chi connectivity index (χ2v) is 8.37. The molecule has 0 fully saturated rings. The van der Waals surface area contributed by atoms with Crippen LogP contribution in [-0.2, 0) is 4.79 Å². The van der Waals surface area contributed by atoms with Gasteiger partial charge in [-0.25, -0.2) is 10.2 Å². The van der Waals surface area contributed by atoms with Crippen LogP contribution in [-0.4, -0.2) is 31.3 Å². The topological polar surface area (TPSA) is 86.2 Å². The number of hydrogen-bond acceptors (Lipinski definition) is 6. The summed E-state index contributed by atoms with van der Waals surface area (Å²) in [5, 5.41) is 3.99. The highest BCUT2D eigenvalue weighted by atomic mass is 16.6. The third-order valence-corrected chi connectivity index (χ3v) is 5.49. The number of esters is 1. The Kier molecular flexibility index (Phi) is 8.86. The summed E-state index contributed by atoms with van der Waals surface area (Å²) in [6, 6.07) is 29.7. The van der Waals surface area contributed by atoms with E-state index in [2.05, 4.69) is 10.5 Å². The van der Waals surface area contributed by atoms with Gasteiger partial charge >= 0.3 is 5.97 Å². The number of rotatable bonds is 10. The number of aryl methyl sites for hydroxylation is 1. The summed E-state index contributed by atoms with van der Waals surface area (Å²) in [6.07, 6.45) is 1.47. The quantitative estimate of drug-likeness (QED) is 0.126.